The van der Waals surface area contributed by atoms with Gasteiger partial charge in [0.25, 0.3) is 0 Å². The van der Waals surface area contributed by atoms with Gasteiger partial charge in [0.15, 0.2) is 5.69 Å². The molecule has 0 spiro atoms. The molecule has 15 heavy (non-hydrogen) atoms. The molecule has 2 rings (SSSR count). The van der Waals surface area contributed by atoms with Gasteiger partial charge in [-0.2, -0.15) is 15.0 Å². The number of rotatable bonds is 2. The standard InChI is InChI=1S/C8H5Cl2N3OS/c1-13-11-3-5(12-13)7(14)4-2-6(9)15-8(4)10/h2-3H,1H3. The van der Waals surface area contributed by atoms with Gasteiger partial charge in [-0.05, 0) is 6.07 Å². The maximum Gasteiger partial charge on any atom is 0.217 e. The Morgan fingerprint density at radius 3 is 2.73 bits per heavy atom. The summed E-state index contributed by atoms with van der Waals surface area (Å²) in [7, 11) is 1.64. The monoisotopic (exact) mass is 261 g/mol. The molecule has 2 aromatic rings. The summed E-state index contributed by atoms with van der Waals surface area (Å²) >= 11 is 12.8. The molecule has 0 saturated carbocycles. The van der Waals surface area contributed by atoms with Crippen molar-refractivity contribution >= 4 is 40.3 Å². The first kappa shape index (κ1) is 10.6. The molecule has 0 N–H and O–H groups in total. The van der Waals surface area contributed by atoms with Crippen molar-refractivity contribution in [2.24, 2.45) is 7.05 Å². The number of thiophene rings is 1. The predicted octanol–water partition coefficient (Wildman–Crippen LogP) is 2.41. The smallest absolute Gasteiger partial charge is 0.217 e. The van der Waals surface area contributed by atoms with Crippen LogP contribution in [0.2, 0.25) is 8.67 Å². The van der Waals surface area contributed by atoms with Gasteiger partial charge in [0.2, 0.25) is 5.78 Å². The van der Waals surface area contributed by atoms with Crippen molar-refractivity contribution in [3.63, 3.8) is 0 Å². The van der Waals surface area contributed by atoms with Crippen LogP contribution in [0.5, 0.6) is 0 Å². The van der Waals surface area contributed by atoms with Gasteiger partial charge in [-0.25, -0.2) is 0 Å². The third kappa shape index (κ3) is 2.04. The summed E-state index contributed by atoms with van der Waals surface area (Å²) in [6.45, 7) is 0. The Hall–Kier alpha value is -0.910. The lowest BCUT2D eigenvalue weighted by Crippen LogP contribution is -2.02. The second-order valence-electron chi connectivity index (χ2n) is 2.79. The molecule has 0 atom stereocenters. The lowest BCUT2D eigenvalue weighted by molar-refractivity contribution is 0.103. The molecule has 0 aromatic carbocycles. The second-order valence-corrected chi connectivity index (χ2v) is 5.07. The van der Waals surface area contributed by atoms with E-state index in [1.807, 2.05) is 0 Å². The Labute approximate surface area is 99.4 Å². The molecule has 0 bridgehead atoms. The van der Waals surface area contributed by atoms with E-state index in [9.17, 15) is 4.79 Å². The summed E-state index contributed by atoms with van der Waals surface area (Å²) in [4.78, 5) is 13.2. The van der Waals surface area contributed by atoms with E-state index in [1.165, 1.54) is 17.1 Å². The molecule has 7 heteroatoms. The molecular formula is C8H5Cl2N3OS. The Bertz CT molecular complexity index is 520. The van der Waals surface area contributed by atoms with Crippen LogP contribution in [0.1, 0.15) is 16.1 Å². The second kappa shape index (κ2) is 3.92. The SMILES string of the molecule is Cn1ncc(C(=O)c2cc(Cl)sc2Cl)n1. The number of aromatic nitrogens is 3. The topological polar surface area (TPSA) is 47.8 Å². The summed E-state index contributed by atoms with van der Waals surface area (Å²) in [5, 5.41) is 7.71. The molecule has 2 heterocycles. The van der Waals surface area contributed by atoms with Crippen LogP contribution in [0.3, 0.4) is 0 Å². The molecule has 0 fully saturated rings. The van der Waals surface area contributed by atoms with Gasteiger partial charge in [-0.15, -0.1) is 11.3 Å². The van der Waals surface area contributed by atoms with Crippen molar-refractivity contribution in [3.8, 4) is 0 Å². The lowest BCUT2D eigenvalue weighted by atomic mass is 10.2. The molecule has 0 saturated heterocycles. The van der Waals surface area contributed by atoms with Gasteiger partial charge in [-0.3, -0.25) is 4.79 Å². The zero-order chi connectivity index (χ0) is 11.0. The number of halogens is 2. The van der Waals surface area contributed by atoms with Crippen LogP contribution in [0.15, 0.2) is 12.3 Å². The quantitative estimate of drug-likeness (QED) is 0.781. The minimum atomic E-state index is -0.267. The van der Waals surface area contributed by atoms with E-state index in [1.54, 1.807) is 7.05 Å². The van der Waals surface area contributed by atoms with Crippen LogP contribution in [0.4, 0.5) is 0 Å². The number of carbonyl (C=O) groups is 1. The maximum absolute atomic E-state index is 11.8. The van der Waals surface area contributed by atoms with Gasteiger partial charge in [0.05, 0.1) is 16.1 Å². The van der Waals surface area contributed by atoms with Crippen molar-refractivity contribution in [1.82, 2.24) is 15.0 Å². The zero-order valence-corrected chi connectivity index (χ0v) is 9.90. The summed E-state index contributed by atoms with van der Waals surface area (Å²) < 4.78 is 0.850. The first-order valence-electron chi connectivity index (χ1n) is 3.94. The van der Waals surface area contributed by atoms with Gasteiger partial charge in [0, 0.05) is 7.05 Å². The van der Waals surface area contributed by atoms with Gasteiger partial charge in [-0.1, -0.05) is 23.2 Å². The normalized spacial score (nSPS) is 10.6. The van der Waals surface area contributed by atoms with Crippen molar-refractivity contribution < 1.29 is 4.79 Å². The highest BCUT2D eigenvalue weighted by Gasteiger charge is 2.18. The minimum absolute atomic E-state index is 0.258. The zero-order valence-electron chi connectivity index (χ0n) is 7.57. The van der Waals surface area contributed by atoms with E-state index >= 15 is 0 Å². The fraction of sp³-hybridized carbons (Fsp3) is 0.125. The van der Waals surface area contributed by atoms with Crippen molar-refractivity contribution in [2.45, 2.75) is 0 Å². The van der Waals surface area contributed by atoms with Crippen LogP contribution in [-0.4, -0.2) is 20.8 Å². The number of hydrogen-bond acceptors (Lipinski definition) is 4. The molecule has 0 aliphatic carbocycles. The first-order chi connectivity index (χ1) is 7.08. The Balaban J connectivity index is 2.40. The van der Waals surface area contributed by atoms with Crippen LogP contribution in [-0.2, 0) is 7.05 Å². The van der Waals surface area contributed by atoms with Crippen molar-refractivity contribution in [1.29, 1.82) is 0 Å². The number of carbonyl (C=O) groups excluding carboxylic acids is 1. The Morgan fingerprint density at radius 2 is 2.27 bits per heavy atom. The van der Waals surface area contributed by atoms with Gasteiger partial charge >= 0.3 is 0 Å². The van der Waals surface area contributed by atoms with E-state index in [4.69, 9.17) is 23.2 Å². The highest BCUT2D eigenvalue weighted by Crippen LogP contribution is 2.32. The fourth-order valence-electron chi connectivity index (χ4n) is 1.08. The largest absolute Gasteiger partial charge is 0.287 e. The molecule has 0 aliphatic rings. The third-order valence-electron chi connectivity index (χ3n) is 1.73. The highest BCUT2D eigenvalue weighted by atomic mass is 35.5. The Kier molecular flexibility index (Phi) is 2.77. The van der Waals surface area contributed by atoms with Crippen LogP contribution >= 0.6 is 34.5 Å². The summed E-state index contributed by atoms with van der Waals surface area (Å²) in [5.41, 5.74) is 0.626. The summed E-state index contributed by atoms with van der Waals surface area (Å²) in [6.07, 6.45) is 1.39. The van der Waals surface area contributed by atoms with Gasteiger partial charge in [0.1, 0.15) is 4.34 Å². The molecule has 0 unspecified atom stereocenters. The average Bonchev–Trinajstić information content (AvgIpc) is 2.71. The molecular weight excluding hydrogens is 257 g/mol. The average molecular weight is 262 g/mol. The number of ketones is 1. The Morgan fingerprint density at radius 1 is 1.53 bits per heavy atom. The number of aryl methyl sites for hydroxylation is 1. The van der Waals surface area contributed by atoms with E-state index in [2.05, 4.69) is 10.2 Å². The maximum atomic E-state index is 11.8. The van der Waals surface area contributed by atoms with E-state index in [0.717, 1.165) is 11.3 Å². The first-order valence-corrected chi connectivity index (χ1v) is 5.51. The lowest BCUT2D eigenvalue weighted by Gasteiger charge is -1.92. The molecule has 0 amide bonds. The fourth-order valence-corrected chi connectivity index (χ4v) is 2.54. The highest BCUT2D eigenvalue weighted by molar-refractivity contribution is 7.20. The predicted molar refractivity (Wildman–Crippen MR) is 58.8 cm³/mol. The van der Waals surface area contributed by atoms with Crippen LogP contribution < -0.4 is 0 Å². The number of nitrogens with zero attached hydrogens (tertiary/aromatic N) is 3. The van der Waals surface area contributed by atoms with E-state index in [0.29, 0.717) is 14.2 Å². The molecule has 0 aliphatic heterocycles. The minimum Gasteiger partial charge on any atom is -0.287 e. The van der Waals surface area contributed by atoms with E-state index in [-0.39, 0.29) is 11.5 Å². The molecule has 78 valence electrons. The molecule has 2 aromatic heterocycles. The van der Waals surface area contributed by atoms with Crippen molar-refractivity contribution in [3.05, 3.63) is 32.2 Å². The third-order valence-corrected chi connectivity index (χ3v) is 3.22. The van der Waals surface area contributed by atoms with Crippen LogP contribution in [0.25, 0.3) is 0 Å². The summed E-state index contributed by atoms with van der Waals surface area (Å²) in [6, 6.07) is 1.53. The van der Waals surface area contributed by atoms with Gasteiger partial charge < -0.3 is 0 Å². The molecule has 4 nitrogen and oxygen atoms in total. The van der Waals surface area contributed by atoms with Crippen LogP contribution in [0, 0.1) is 0 Å². The van der Waals surface area contributed by atoms with Crippen molar-refractivity contribution in [2.75, 3.05) is 0 Å². The summed E-state index contributed by atoms with van der Waals surface area (Å²) in [5.74, 6) is -0.267. The molecule has 0 radical (unpaired) electrons. The number of hydrogen-bond donors (Lipinski definition) is 0. The van der Waals surface area contributed by atoms with E-state index < -0.39 is 0 Å².